The first-order valence-electron chi connectivity index (χ1n) is 6.79. The number of hydrogen-bond acceptors (Lipinski definition) is 6. The van der Waals surface area contributed by atoms with Crippen LogP contribution < -0.4 is 10.0 Å². The van der Waals surface area contributed by atoms with Gasteiger partial charge in [-0.3, -0.25) is 10.1 Å². The van der Waals surface area contributed by atoms with E-state index in [4.69, 9.17) is 0 Å². The van der Waals surface area contributed by atoms with Crippen molar-refractivity contribution in [1.29, 1.82) is 0 Å². The van der Waals surface area contributed by atoms with E-state index >= 15 is 0 Å². The van der Waals surface area contributed by atoms with Crippen molar-refractivity contribution in [3.63, 3.8) is 0 Å². The molecule has 21 heavy (non-hydrogen) atoms. The summed E-state index contributed by atoms with van der Waals surface area (Å²) in [6.07, 6.45) is 2.81. The Bertz CT molecular complexity index is 635. The largest absolute Gasteiger partial charge is 0.371 e. The molecule has 0 aliphatic heterocycles. The van der Waals surface area contributed by atoms with E-state index in [0.29, 0.717) is 18.1 Å². The second kappa shape index (κ2) is 5.90. The Labute approximate surface area is 127 Å². The van der Waals surface area contributed by atoms with Crippen molar-refractivity contribution >= 4 is 32.0 Å². The standard InChI is InChI=1S/C12H19N3O4S2/c1-3-6-13-11-9(15(16)17)7-10(20-11)21(18,19)14-8-12(2)4-5-12/h7,13-14H,3-6,8H2,1-2H3. The molecule has 0 radical (unpaired) electrons. The fourth-order valence-electron chi connectivity index (χ4n) is 1.72. The molecule has 1 aliphatic rings. The highest BCUT2D eigenvalue weighted by Crippen LogP contribution is 2.44. The van der Waals surface area contributed by atoms with Crippen molar-refractivity contribution in [3.05, 3.63) is 16.2 Å². The summed E-state index contributed by atoms with van der Waals surface area (Å²) < 4.78 is 27.0. The quantitative estimate of drug-likeness (QED) is 0.562. The topological polar surface area (TPSA) is 101 Å². The summed E-state index contributed by atoms with van der Waals surface area (Å²) in [6, 6.07) is 1.13. The molecule has 9 heteroatoms. The van der Waals surface area contributed by atoms with Crippen LogP contribution in [0, 0.1) is 15.5 Å². The lowest BCUT2D eigenvalue weighted by atomic mass is 10.2. The van der Waals surface area contributed by atoms with Gasteiger partial charge in [0.25, 0.3) is 0 Å². The van der Waals surface area contributed by atoms with Crippen LogP contribution in [0.25, 0.3) is 0 Å². The van der Waals surface area contributed by atoms with Crippen LogP contribution in [-0.4, -0.2) is 26.4 Å². The molecule has 2 rings (SSSR count). The third kappa shape index (κ3) is 3.92. The van der Waals surface area contributed by atoms with Gasteiger partial charge in [0.1, 0.15) is 4.21 Å². The summed E-state index contributed by atoms with van der Waals surface area (Å²) >= 11 is 0.902. The molecule has 1 fully saturated rings. The predicted molar refractivity (Wildman–Crippen MR) is 82.3 cm³/mol. The van der Waals surface area contributed by atoms with E-state index in [1.165, 1.54) is 0 Å². The molecule has 1 aromatic heterocycles. The second-order valence-corrected chi connectivity index (χ2v) is 8.64. The second-order valence-electron chi connectivity index (χ2n) is 5.60. The molecule has 0 bridgehead atoms. The van der Waals surface area contributed by atoms with Gasteiger partial charge in [-0.2, -0.15) is 0 Å². The van der Waals surface area contributed by atoms with Crippen molar-refractivity contribution in [2.75, 3.05) is 18.4 Å². The maximum atomic E-state index is 12.2. The first kappa shape index (κ1) is 16.2. The van der Waals surface area contributed by atoms with E-state index in [2.05, 4.69) is 10.0 Å². The summed E-state index contributed by atoms with van der Waals surface area (Å²) in [5.41, 5.74) is -0.147. The third-order valence-electron chi connectivity index (χ3n) is 3.48. The molecule has 2 N–H and O–H groups in total. The Balaban J connectivity index is 2.19. The van der Waals surface area contributed by atoms with Gasteiger partial charge in [0.15, 0.2) is 5.00 Å². The van der Waals surface area contributed by atoms with Crippen molar-refractivity contribution in [2.45, 2.75) is 37.3 Å². The van der Waals surface area contributed by atoms with Gasteiger partial charge < -0.3 is 5.32 Å². The van der Waals surface area contributed by atoms with E-state index in [0.717, 1.165) is 36.7 Å². The van der Waals surface area contributed by atoms with Gasteiger partial charge in [0, 0.05) is 19.2 Å². The highest BCUT2D eigenvalue weighted by atomic mass is 32.2. The van der Waals surface area contributed by atoms with Crippen LogP contribution in [0.1, 0.15) is 33.1 Å². The lowest BCUT2D eigenvalue weighted by Crippen LogP contribution is -2.28. The predicted octanol–water partition coefficient (Wildman–Crippen LogP) is 2.56. The van der Waals surface area contributed by atoms with Crippen molar-refractivity contribution in [2.24, 2.45) is 5.41 Å². The molecule has 118 valence electrons. The number of nitro groups is 1. The Hall–Kier alpha value is -1.19. The molecular weight excluding hydrogens is 314 g/mol. The fraction of sp³-hybridized carbons (Fsp3) is 0.667. The van der Waals surface area contributed by atoms with E-state index in [9.17, 15) is 18.5 Å². The van der Waals surface area contributed by atoms with Gasteiger partial charge in [-0.05, 0) is 24.7 Å². The molecule has 0 spiro atoms. The highest BCUT2D eigenvalue weighted by molar-refractivity contribution is 7.91. The number of nitrogens with zero attached hydrogens (tertiary/aromatic N) is 1. The van der Waals surface area contributed by atoms with E-state index in [-0.39, 0.29) is 15.3 Å². The molecule has 1 heterocycles. The van der Waals surface area contributed by atoms with Gasteiger partial charge in [-0.25, -0.2) is 13.1 Å². The summed E-state index contributed by atoms with van der Waals surface area (Å²) in [5.74, 6) is 0. The lowest BCUT2D eigenvalue weighted by Gasteiger charge is -2.09. The summed E-state index contributed by atoms with van der Waals surface area (Å²) in [6.45, 7) is 4.88. The smallest absolute Gasteiger partial charge is 0.304 e. The van der Waals surface area contributed by atoms with Crippen molar-refractivity contribution in [1.82, 2.24) is 4.72 Å². The molecule has 0 saturated heterocycles. The van der Waals surface area contributed by atoms with Crippen LogP contribution in [0.15, 0.2) is 10.3 Å². The zero-order valence-corrected chi connectivity index (χ0v) is 13.6. The van der Waals surface area contributed by atoms with E-state index in [1.807, 2.05) is 13.8 Å². The maximum absolute atomic E-state index is 12.2. The Kier molecular flexibility index (Phi) is 4.54. The average Bonchev–Trinajstić information content (AvgIpc) is 2.99. The first-order chi connectivity index (χ1) is 9.77. The van der Waals surface area contributed by atoms with E-state index in [1.54, 1.807) is 0 Å². The molecule has 1 saturated carbocycles. The summed E-state index contributed by atoms with van der Waals surface area (Å²) in [5, 5.41) is 14.2. The number of thiophene rings is 1. The molecule has 0 unspecified atom stereocenters. The van der Waals surface area contributed by atoms with Gasteiger partial charge >= 0.3 is 5.69 Å². The maximum Gasteiger partial charge on any atom is 0.304 e. The van der Waals surface area contributed by atoms with Gasteiger partial charge in [0.05, 0.1) is 4.92 Å². The number of anilines is 1. The molecule has 0 aromatic carbocycles. The fourth-order valence-corrected chi connectivity index (χ4v) is 4.32. The van der Waals surface area contributed by atoms with Crippen molar-refractivity contribution in [3.8, 4) is 0 Å². The molecule has 7 nitrogen and oxygen atoms in total. The molecule has 1 aliphatic carbocycles. The molecule has 1 aromatic rings. The van der Waals surface area contributed by atoms with Crippen LogP contribution in [0.3, 0.4) is 0 Å². The third-order valence-corrected chi connectivity index (χ3v) is 6.44. The minimum Gasteiger partial charge on any atom is -0.371 e. The Morgan fingerprint density at radius 1 is 1.48 bits per heavy atom. The molecule has 0 amide bonds. The monoisotopic (exact) mass is 333 g/mol. The summed E-state index contributed by atoms with van der Waals surface area (Å²) in [7, 11) is -3.69. The minimum absolute atomic E-state index is 0.0166. The lowest BCUT2D eigenvalue weighted by molar-refractivity contribution is -0.383. The van der Waals surface area contributed by atoms with Gasteiger partial charge in [-0.15, -0.1) is 0 Å². The summed E-state index contributed by atoms with van der Waals surface area (Å²) in [4.78, 5) is 10.4. The molecule has 0 atom stereocenters. The van der Waals surface area contributed by atoms with Gasteiger partial charge in [-0.1, -0.05) is 25.2 Å². The normalized spacial score (nSPS) is 16.7. The number of hydrogen-bond donors (Lipinski definition) is 2. The van der Waals surface area contributed by atoms with Crippen LogP contribution in [0.4, 0.5) is 10.7 Å². The van der Waals surface area contributed by atoms with Crippen LogP contribution in [0.5, 0.6) is 0 Å². The van der Waals surface area contributed by atoms with Crippen LogP contribution in [-0.2, 0) is 10.0 Å². The van der Waals surface area contributed by atoms with E-state index < -0.39 is 14.9 Å². The zero-order chi connectivity index (χ0) is 15.7. The average molecular weight is 333 g/mol. The molecular formula is C12H19N3O4S2. The first-order valence-corrected chi connectivity index (χ1v) is 9.09. The Morgan fingerprint density at radius 3 is 2.67 bits per heavy atom. The SMILES string of the molecule is CCCNc1sc(S(=O)(=O)NCC2(C)CC2)cc1[N+](=O)[O-]. The number of sulfonamides is 1. The highest BCUT2D eigenvalue weighted by Gasteiger charge is 2.38. The van der Waals surface area contributed by atoms with Crippen LogP contribution in [0.2, 0.25) is 0 Å². The van der Waals surface area contributed by atoms with Gasteiger partial charge in [0.2, 0.25) is 10.0 Å². The minimum atomic E-state index is -3.69. The van der Waals surface area contributed by atoms with Crippen LogP contribution >= 0.6 is 11.3 Å². The van der Waals surface area contributed by atoms with Crippen molar-refractivity contribution < 1.29 is 13.3 Å². The number of nitrogens with one attached hydrogen (secondary N) is 2. The Morgan fingerprint density at radius 2 is 2.14 bits per heavy atom. The zero-order valence-electron chi connectivity index (χ0n) is 12.0. The number of rotatable bonds is 8.